The maximum absolute atomic E-state index is 12.7. The quantitative estimate of drug-likeness (QED) is 0.332. The zero-order valence-electron chi connectivity index (χ0n) is 31.2. The molecule has 0 aromatic rings. The van der Waals surface area contributed by atoms with Crippen molar-refractivity contribution in [2.75, 3.05) is 40.0 Å². The number of esters is 1. The van der Waals surface area contributed by atoms with E-state index in [1.807, 2.05) is 0 Å². The second kappa shape index (κ2) is 12.4. The number of aliphatic hydroxyl groups excluding tert-OH is 1. The van der Waals surface area contributed by atoms with Crippen molar-refractivity contribution in [1.82, 2.24) is 4.90 Å². The van der Waals surface area contributed by atoms with Crippen LogP contribution in [0, 0.1) is 51.2 Å². The lowest BCUT2D eigenvalue weighted by Gasteiger charge is -2.60. The first-order valence-corrected chi connectivity index (χ1v) is 20.0. The van der Waals surface area contributed by atoms with Crippen LogP contribution in [0.5, 0.6) is 0 Å². The van der Waals surface area contributed by atoms with E-state index in [-0.39, 0.29) is 43.3 Å². The molecule has 6 aliphatic carbocycles. The monoisotopic (exact) mass is 689 g/mol. The van der Waals surface area contributed by atoms with Crippen molar-refractivity contribution in [1.29, 1.82) is 0 Å². The van der Waals surface area contributed by atoms with Crippen LogP contribution in [0.15, 0.2) is 0 Å². The molecule has 9 fully saturated rings. The molecule has 3 heterocycles. The lowest BCUT2D eigenvalue weighted by molar-refractivity contribution is -0.253. The van der Waals surface area contributed by atoms with Gasteiger partial charge in [0.05, 0.1) is 62.2 Å². The van der Waals surface area contributed by atoms with Gasteiger partial charge in [0, 0.05) is 15.1 Å². The summed E-state index contributed by atoms with van der Waals surface area (Å²) in [5.41, 5.74) is 0.311. The Morgan fingerprint density at radius 2 is 1.69 bits per heavy atom. The van der Waals surface area contributed by atoms with Crippen LogP contribution in [0.4, 0.5) is 0 Å². The van der Waals surface area contributed by atoms with Gasteiger partial charge in [-0.3, -0.25) is 9.69 Å². The second-order valence-electron chi connectivity index (χ2n) is 19.2. The summed E-state index contributed by atoms with van der Waals surface area (Å²) in [6.07, 6.45) is 13.7. The Labute approximate surface area is 295 Å². The lowest BCUT2D eigenvalue weighted by atomic mass is 9.46. The summed E-state index contributed by atoms with van der Waals surface area (Å²) in [6.45, 7) is 15.5. The molecule has 2 spiro atoms. The van der Waals surface area contributed by atoms with E-state index in [0.29, 0.717) is 40.0 Å². The van der Waals surface area contributed by atoms with Gasteiger partial charge in [-0.2, -0.15) is 0 Å². The van der Waals surface area contributed by atoms with Gasteiger partial charge >= 0.3 is 5.97 Å². The third kappa shape index (κ3) is 5.51. The molecule has 0 aromatic carbocycles. The minimum Gasteiger partial charge on any atom is -0.456 e. The summed E-state index contributed by atoms with van der Waals surface area (Å²) < 4.78 is 31.6. The number of nitrogens with zero attached hydrogens (tertiary/aromatic N) is 1. The zero-order chi connectivity index (χ0) is 34.6. The van der Waals surface area contributed by atoms with Crippen LogP contribution in [0.3, 0.4) is 0 Å². The van der Waals surface area contributed by atoms with Gasteiger partial charge in [-0.25, -0.2) is 0 Å². The van der Waals surface area contributed by atoms with Gasteiger partial charge in [-0.1, -0.05) is 20.8 Å². The molecule has 280 valence electrons. The first-order valence-electron chi connectivity index (χ1n) is 20.0. The van der Waals surface area contributed by atoms with E-state index in [0.717, 1.165) is 84.5 Å². The molecule has 9 aliphatic rings. The normalized spacial score (nSPS) is 47.8. The maximum atomic E-state index is 12.7. The highest BCUT2D eigenvalue weighted by Crippen LogP contribution is 2.87. The molecular weight excluding hydrogens is 622 g/mol. The van der Waals surface area contributed by atoms with Gasteiger partial charge in [-0.05, 0) is 136 Å². The number of ether oxygens (including phenoxy) is 5. The van der Waals surface area contributed by atoms with Crippen molar-refractivity contribution in [2.24, 2.45) is 51.2 Å². The van der Waals surface area contributed by atoms with Gasteiger partial charge in [0.2, 0.25) is 0 Å². The van der Waals surface area contributed by atoms with Crippen molar-refractivity contribution in [2.45, 2.75) is 154 Å². The van der Waals surface area contributed by atoms with Gasteiger partial charge < -0.3 is 33.9 Å². The highest BCUT2D eigenvalue weighted by Gasteiger charge is 2.80. The minimum absolute atomic E-state index is 0. The molecule has 0 aromatic heterocycles. The molecule has 0 radical (unpaired) electrons. The molecular formula is C40H67NO8. The topological polar surface area (TPSA) is 107 Å². The summed E-state index contributed by atoms with van der Waals surface area (Å²) in [5.74, 6) is 2.65. The standard InChI is InChI=1S/C39H61NO7.CH4O.H2/c1-35(2)30-11-9-25-27-18-29-26(8-10-28(45-29)33(36(3,4)42)47-34(41)23-6-7-23)37(27,5)14-15-38(25)22-39(30,38)13-12-31(35)46-32-19-40(16-17-44-32)24-20-43-21-24;1-2;/h23-33,42H,6-22H2,1-5H3;2H,1H3;1H/t25?,26?,27?,28?,29?,30?,31-,32?,33-,37?,38-,39?;;/m0../s1. The van der Waals surface area contributed by atoms with Crippen LogP contribution in [0.25, 0.3) is 0 Å². The first-order chi connectivity index (χ1) is 23.4. The molecule has 2 N–H and O–H groups in total. The van der Waals surface area contributed by atoms with Crippen LogP contribution in [0.2, 0.25) is 0 Å². The van der Waals surface area contributed by atoms with Crippen LogP contribution in [0.1, 0.15) is 113 Å². The Hall–Kier alpha value is -0.810. The van der Waals surface area contributed by atoms with Crippen LogP contribution >= 0.6 is 0 Å². The number of hydrogen-bond donors (Lipinski definition) is 2. The van der Waals surface area contributed by atoms with Crippen molar-refractivity contribution in [3.05, 3.63) is 0 Å². The fourth-order valence-corrected chi connectivity index (χ4v) is 13.6. The Morgan fingerprint density at radius 3 is 2.39 bits per heavy atom. The predicted octanol–water partition coefficient (Wildman–Crippen LogP) is 5.58. The number of carbonyl (C=O) groups is 1. The number of aliphatic hydroxyl groups is 2. The van der Waals surface area contributed by atoms with Gasteiger partial charge in [0.1, 0.15) is 0 Å². The third-order valence-corrected chi connectivity index (χ3v) is 16.3. The molecule has 49 heavy (non-hydrogen) atoms. The highest BCUT2D eigenvalue weighted by atomic mass is 16.7. The molecule has 6 saturated carbocycles. The Morgan fingerprint density at radius 1 is 0.939 bits per heavy atom. The summed E-state index contributed by atoms with van der Waals surface area (Å²) in [4.78, 5) is 15.2. The molecule has 9 unspecified atom stereocenters. The van der Waals surface area contributed by atoms with E-state index >= 15 is 0 Å². The number of hydrogen-bond acceptors (Lipinski definition) is 9. The lowest BCUT2D eigenvalue weighted by Crippen LogP contribution is -2.58. The van der Waals surface area contributed by atoms with E-state index in [4.69, 9.17) is 28.8 Å². The Kier molecular flexibility index (Phi) is 8.90. The highest BCUT2D eigenvalue weighted by molar-refractivity contribution is 5.75. The van der Waals surface area contributed by atoms with Gasteiger partial charge in [0.25, 0.3) is 0 Å². The van der Waals surface area contributed by atoms with Crippen LogP contribution in [-0.2, 0) is 28.5 Å². The molecule has 9 rings (SSSR count). The van der Waals surface area contributed by atoms with E-state index in [9.17, 15) is 9.90 Å². The van der Waals surface area contributed by atoms with Gasteiger partial charge in [-0.15, -0.1) is 0 Å². The summed E-state index contributed by atoms with van der Waals surface area (Å²) in [7, 11) is 1.00. The van der Waals surface area contributed by atoms with Crippen LogP contribution in [-0.4, -0.2) is 103 Å². The average Bonchev–Trinajstić information content (AvgIpc) is 3.96. The minimum atomic E-state index is -1.12. The van der Waals surface area contributed by atoms with Gasteiger partial charge in [0.15, 0.2) is 12.4 Å². The largest absolute Gasteiger partial charge is 0.456 e. The fraction of sp³-hybridized carbons (Fsp3) is 0.975. The smallest absolute Gasteiger partial charge is 0.309 e. The maximum Gasteiger partial charge on any atom is 0.309 e. The molecule has 3 saturated heterocycles. The van der Waals surface area contributed by atoms with E-state index in [1.54, 1.807) is 13.8 Å². The summed E-state index contributed by atoms with van der Waals surface area (Å²) >= 11 is 0. The van der Waals surface area contributed by atoms with Crippen molar-refractivity contribution in [3.63, 3.8) is 0 Å². The van der Waals surface area contributed by atoms with Crippen molar-refractivity contribution < 1.29 is 40.1 Å². The average molecular weight is 690 g/mol. The molecule has 3 aliphatic heterocycles. The SMILES string of the molecule is CC12CC[C@@]34CC35CC[C@H](OC3CN(C6COC6)CCO3)C(C)(C)C5CCC4C1CC1OC([C@H](OC(=O)C3CC3)C(C)(C)O)CCC12.CO.[HH]. The number of carbonyl (C=O) groups excluding carboxylic acids is 1. The van der Waals surface area contributed by atoms with E-state index < -0.39 is 11.7 Å². The van der Waals surface area contributed by atoms with E-state index in [1.165, 1.54) is 38.5 Å². The van der Waals surface area contributed by atoms with Crippen LogP contribution < -0.4 is 0 Å². The molecule has 0 amide bonds. The fourth-order valence-electron chi connectivity index (χ4n) is 13.6. The zero-order valence-corrected chi connectivity index (χ0v) is 31.2. The number of morpholine rings is 1. The summed E-state index contributed by atoms with van der Waals surface area (Å²) in [5, 5.41) is 18.1. The molecule has 9 nitrogen and oxygen atoms in total. The summed E-state index contributed by atoms with van der Waals surface area (Å²) in [6, 6.07) is 0.537. The Balaban J connectivity index is 0.00000128. The second-order valence-corrected chi connectivity index (χ2v) is 19.2. The molecule has 9 heteroatoms. The number of fused-ring (bicyclic) bond motifs is 4. The Bertz CT molecular complexity index is 1250. The van der Waals surface area contributed by atoms with Crippen molar-refractivity contribution >= 4 is 5.97 Å². The predicted molar refractivity (Wildman–Crippen MR) is 185 cm³/mol. The van der Waals surface area contributed by atoms with Crippen molar-refractivity contribution in [3.8, 4) is 0 Å². The third-order valence-electron chi connectivity index (χ3n) is 16.3. The molecule has 0 bridgehead atoms. The van der Waals surface area contributed by atoms with E-state index in [2.05, 4.69) is 25.7 Å². The first kappa shape index (κ1) is 35.2. The molecule has 12 atom stereocenters. The number of rotatable bonds is 7.